The zero-order chi connectivity index (χ0) is 12.4. The molecule has 17 heavy (non-hydrogen) atoms. The SMILES string of the molecule is CCOC(=O)c1ccc2[nH]c(N(C)C)cc2c1. The van der Waals surface area contributed by atoms with E-state index in [9.17, 15) is 4.79 Å². The number of nitrogens with one attached hydrogen (secondary N) is 1. The third-order valence-corrected chi connectivity index (χ3v) is 2.60. The fourth-order valence-electron chi connectivity index (χ4n) is 1.70. The average Bonchev–Trinajstić information content (AvgIpc) is 2.71. The van der Waals surface area contributed by atoms with Crippen LogP contribution in [0.1, 0.15) is 17.3 Å². The predicted molar refractivity (Wildman–Crippen MR) is 68.6 cm³/mol. The van der Waals surface area contributed by atoms with E-state index in [2.05, 4.69) is 4.98 Å². The van der Waals surface area contributed by atoms with E-state index in [1.807, 2.05) is 37.2 Å². The number of hydrogen-bond acceptors (Lipinski definition) is 3. The van der Waals surface area contributed by atoms with Crippen LogP contribution < -0.4 is 4.90 Å². The van der Waals surface area contributed by atoms with Crippen LogP contribution >= 0.6 is 0 Å². The maximum atomic E-state index is 11.6. The van der Waals surface area contributed by atoms with Crippen molar-refractivity contribution in [1.29, 1.82) is 0 Å². The summed E-state index contributed by atoms with van der Waals surface area (Å²) in [5.74, 6) is 0.739. The number of fused-ring (bicyclic) bond motifs is 1. The van der Waals surface area contributed by atoms with E-state index in [1.54, 1.807) is 13.0 Å². The van der Waals surface area contributed by atoms with Crippen LogP contribution in [0.5, 0.6) is 0 Å². The highest BCUT2D eigenvalue weighted by Crippen LogP contribution is 2.21. The van der Waals surface area contributed by atoms with Gasteiger partial charge in [-0.15, -0.1) is 0 Å². The van der Waals surface area contributed by atoms with Crippen molar-refractivity contribution >= 4 is 22.7 Å². The summed E-state index contributed by atoms with van der Waals surface area (Å²) in [7, 11) is 3.94. The molecule has 0 saturated carbocycles. The number of esters is 1. The van der Waals surface area contributed by atoms with Crippen LogP contribution in [0.4, 0.5) is 5.82 Å². The number of nitrogens with zero attached hydrogens (tertiary/aromatic N) is 1. The van der Waals surface area contributed by atoms with Crippen molar-refractivity contribution in [2.75, 3.05) is 25.6 Å². The molecular formula is C13H16N2O2. The first-order chi connectivity index (χ1) is 8.11. The van der Waals surface area contributed by atoms with E-state index in [-0.39, 0.29) is 5.97 Å². The molecule has 0 saturated heterocycles. The summed E-state index contributed by atoms with van der Waals surface area (Å²) in [4.78, 5) is 16.8. The molecule has 2 rings (SSSR count). The number of anilines is 1. The molecule has 0 spiro atoms. The van der Waals surface area contributed by atoms with Gasteiger partial charge in [-0.2, -0.15) is 0 Å². The lowest BCUT2D eigenvalue weighted by Gasteiger charge is -2.07. The number of carbonyl (C=O) groups is 1. The first kappa shape index (κ1) is 11.5. The van der Waals surface area contributed by atoms with E-state index in [0.29, 0.717) is 12.2 Å². The molecular weight excluding hydrogens is 216 g/mol. The molecule has 4 heteroatoms. The van der Waals surface area contributed by atoms with Crippen molar-refractivity contribution in [3.63, 3.8) is 0 Å². The lowest BCUT2D eigenvalue weighted by atomic mass is 10.1. The summed E-state index contributed by atoms with van der Waals surface area (Å²) in [5.41, 5.74) is 1.60. The quantitative estimate of drug-likeness (QED) is 0.826. The summed E-state index contributed by atoms with van der Waals surface area (Å²) in [6, 6.07) is 7.53. The van der Waals surface area contributed by atoms with Crippen LogP contribution in [-0.4, -0.2) is 31.7 Å². The summed E-state index contributed by atoms with van der Waals surface area (Å²) >= 11 is 0. The van der Waals surface area contributed by atoms with Gasteiger partial charge in [0, 0.05) is 25.0 Å². The second-order valence-electron chi connectivity index (χ2n) is 4.07. The number of ether oxygens (including phenoxy) is 1. The molecule has 0 radical (unpaired) electrons. The molecule has 0 amide bonds. The Bertz CT molecular complexity index is 543. The van der Waals surface area contributed by atoms with Crippen molar-refractivity contribution in [1.82, 2.24) is 4.98 Å². The van der Waals surface area contributed by atoms with E-state index < -0.39 is 0 Å². The largest absolute Gasteiger partial charge is 0.462 e. The molecule has 90 valence electrons. The van der Waals surface area contributed by atoms with Gasteiger partial charge in [-0.1, -0.05) is 0 Å². The zero-order valence-electron chi connectivity index (χ0n) is 10.3. The highest BCUT2D eigenvalue weighted by Gasteiger charge is 2.09. The van der Waals surface area contributed by atoms with Gasteiger partial charge in [0.2, 0.25) is 0 Å². The van der Waals surface area contributed by atoms with Gasteiger partial charge < -0.3 is 14.6 Å². The molecule has 4 nitrogen and oxygen atoms in total. The first-order valence-electron chi connectivity index (χ1n) is 5.59. The highest BCUT2D eigenvalue weighted by molar-refractivity contribution is 5.95. The Kier molecular flexibility index (Phi) is 3.04. The van der Waals surface area contributed by atoms with Crippen molar-refractivity contribution in [2.24, 2.45) is 0 Å². The highest BCUT2D eigenvalue weighted by atomic mass is 16.5. The lowest BCUT2D eigenvalue weighted by Crippen LogP contribution is -2.08. The van der Waals surface area contributed by atoms with E-state index >= 15 is 0 Å². The molecule has 1 aromatic carbocycles. The summed E-state index contributed by atoms with van der Waals surface area (Å²) in [5, 5.41) is 1.01. The third kappa shape index (κ3) is 2.25. The minimum atomic E-state index is -0.276. The Labute approximate surface area is 100 Å². The Morgan fingerprint density at radius 3 is 2.76 bits per heavy atom. The molecule has 1 heterocycles. The summed E-state index contributed by atoms with van der Waals surface area (Å²) in [6.45, 7) is 2.20. The molecule has 1 aromatic heterocycles. The van der Waals surface area contributed by atoms with Crippen LogP contribution in [0.15, 0.2) is 24.3 Å². The Morgan fingerprint density at radius 1 is 1.35 bits per heavy atom. The van der Waals surface area contributed by atoms with Crippen LogP contribution in [0.2, 0.25) is 0 Å². The maximum absolute atomic E-state index is 11.6. The van der Waals surface area contributed by atoms with Crippen molar-refractivity contribution in [2.45, 2.75) is 6.92 Å². The topological polar surface area (TPSA) is 45.3 Å². The number of H-pyrrole nitrogens is 1. The lowest BCUT2D eigenvalue weighted by molar-refractivity contribution is 0.0526. The Hall–Kier alpha value is -1.97. The molecule has 0 atom stereocenters. The normalized spacial score (nSPS) is 10.5. The van der Waals surface area contributed by atoms with E-state index in [0.717, 1.165) is 16.7 Å². The molecule has 2 aromatic rings. The van der Waals surface area contributed by atoms with Gasteiger partial charge in [0.1, 0.15) is 5.82 Å². The van der Waals surface area contributed by atoms with Gasteiger partial charge in [0.15, 0.2) is 0 Å². The number of rotatable bonds is 3. The van der Waals surface area contributed by atoms with Gasteiger partial charge in [0.05, 0.1) is 12.2 Å². The third-order valence-electron chi connectivity index (χ3n) is 2.60. The van der Waals surface area contributed by atoms with Gasteiger partial charge in [-0.3, -0.25) is 0 Å². The van der Waals surface area contributed by atoms with Crippen LogP contribution in [0, 0.1) is 0 Å². The number of carbonyl (C=O) groups excluding carboxylic acids is 1. The van der Waals surface area contributed by atoms with Crippen molar-refractivity contribution < 1.29 is 9.53 Å². The first-order valence-corrected chi connectivity index (χ1v) is 5.59. The fourth-order valence-corrected chi connectivity index (χ4v) is 1.70. The Balaban J connectivity index is 2.40. The zero-order valence-corrected chi connectivity index (χ0v) is 10.3. The fraction of sp³-hybridized carbons (Fsp3) is 0.308. The minimum Gasteiger partial charge on any atom is -0.462 e. The second kappa shape index (κ2) is 4.49. The van der Waals surface area contributed by atoms with Gasteiger partial charge in [0.25, 0.3) is 0 Å². The number of benzene rings is 1. The molecule has 0 aliphatic rings. The Morgan fingerprint density at radius 2 is 2.12 bits per heavy atom. The minimum absolute atomic E-state index is 0.276. The monoisotopic (exact) mass is 232 g/mol. The molecule has 0 bridgehead atoms. The van der Waals surface area contributed by atoms with Crippen LogP contribution in [-0.2, 0) is 4.74 Å². The number of aromatic nitrogens is 1. The smallest absolute Gasteiger partial charge is 0.338 e. The summed E-state index contributed by atoms with van der Waals surface area (Å²) in [6.07, 6.45) is 0. The average molecular weight is 232 g/mol. The summed E-state index contributed by atoms with van der Waals surface area (Å²) < 4.78 is 4.97. The van der Waals surface area contributed by atoms with Crippen molar-refractivity contribution in [3.8, 4) is 0 Å². The second-order valence-corrected chi connectivity index (χ2v) is 4.07. The number of aromatic amines is 1. The van der Waals surface area contributed by atoms with Gasteiger partial charge >= 0.3 is 5.97 Å². The van der Waals surface area contributed by atoms with Crippen LogP contribution in [0.25, 0.3) is 10.9 Å². The van der Waals surface area contributed by atoms with E-state index in [1.165, 1.54) is 0 Å². The predicted octanol–water partition coefficient (Wildman–Crippen LogP) is 2.41. The maximum Gasteiger partial charge on any atom is 0.338 e. The van der Waals surface area contributed by atoms with Crippen LogP contribution in [0.3, 0.4) is 0 Å². The molecule has 0 aliphatic carbocycles. The van der Waals surface area contributed by atoms with Gasteiger partial charge in [-0.25, -0.2) is 4.79 Å². The molecule has 0 fully saturated rings. The molecule has 0 unspecified atom stereocenters. The standard InChI is InChI=1S/C13H16N2O2/c1-4-17-13(16)9-5-6-11-10(7-9)8-12(14-11)15(2)3/h5-8,14H,4H2,1-3H3. The molecule has 0 aliphatic heterocycles. The van der Waals surface area contributed by atoms with Gasteiger partial charge in [-0.05, 0) is 31.2 Å². The van der Waals surface area contributed by atoms with Crippen molar-refractivity contribution in [3.05, 3.63) is 29.8 Å². The van der Waals surface area contributed by atoms with E-state index in [4.69, 9.17) is 4.74 Å². The number of hydrogen-bond donors (Lipinski definition) is 1. The molecule has 1 N–H and O–H groups in total.